The van der Waals surface area contributed by atoms with E-state index in [-0.39, 0.29) is 18.0 Å². The third kappa shape index (κ3) is 4.27. The van der Waals surface area contributed by atoms with Gasteiger partial charge in [-0.15, -0.1) is 11.3 Å². The van der Waals surface area contributed by atoms with E-state index >= 15 is 0 Å². The highest BCUT2D eigenvalue weighted by molar-refractivity contribution is 7.18. The number of benzene rings is 1. The van der Waals surface area contributed by atoms with Crippen molar-refractivity contribution in [1.29, 1.82) is 0 Å². The second-order valence-corrected chi connectivity index (χ2v) is 9.87. The Morgan fingerprint density at radius 2 is 1.84 bits per heavy atom. The van der Waals surface area contributed by atoms with Crippen molar-refractivity contribution in [2.45, 2.75) is 51.6 Å². The Hall–Kier alpha value is -2.22. The highest BCUT2D eigenvalue weighted by atomic mass is 35.5. The number of thiophene rings is 1. The summed E-state index contributed by atoms with van der Waals surface area (Å²) >= 11 is 7.59. The minimum absolute atomic E-state index is 0.0435. The number of amides is 1. The summed E-state index contributed by atoms with van der Waals surface area (Å²) in [5, 5.41) is 4.21. The van der Waals surface area contributed by atoms with Crippen molar-refractivity contribution in [1.82, 2.24) is 14.5 Å². The summed E-state index contributed by atoms with van der Waals surface area (Å²) in [4.78, 5) is 35.8. The molecule has 0 unspecified atom stereocenters. The fourth-order valence-electron chi connectivity index (χ4n) is 4.58. The molecule has 2 aliphatic rings. The van der Waals surface area contributed by atoms with Crippen LogP contribution in [0, 0.1) is 0 Å². The largest absolute Gasteiger partial charge is 0.325 e. The van der Waals surface area contributed by atoms with E-state index in [2.05, 4.69) is 10.2 Å². The van der Waals surface area contributed by atoms with E-state index in [1.807, 2.05) is 0 Å². The topological polar surface area (TPSA) is 67.2 Å². The normalized spacial score (nSPS) is 16.5. The molecule has 3 heterocycles. The summed E-state index contributed by atoms with van der Waals surface area (Å²) < 4.78 is 1.59. The molecule has 0 radical (unpaired) electrons. The van der Waals surface area contributed by atoms with Gasteiger partial charge in [0.15, 0.2) is 0 Å². The molecule has 5 rings (SSSR count). The predicted molar refractivity (Wildman–Crippen MR) is 125 cm³/mol. The molecule has 1 aromatic carbocycles. The van der Waals surface area contributed by atoms with E-state index in [4.69, 9.17) is 16.6 Å². The van der Waals surface area contributed by atoms with Gasteiger partial charge in [0.05, 0.1) is 11.9 Å². The van der Waals surface area contributed by atoms with Crippen molar-refractivity contribution in [2.75, 3.05) is 18.4 Å². The minimum atomic E-state index is -0.239. The molecule has 162 valence electrons. The molecule has 0 spiro atoms. The van der Waals surface area contributed by atoms with Gasteiger partial charge in [-0.25, -0.2) is 4.98 Å². The first kappa shape index (κ1) is 20.7. The molecule has 8 heteroatoms. The summed E-state index contributed by atoms with van der Waals surface area (Å²) in [6, 6.07) is 6.97. The van der Waals surface area contributed by atoms with Gasteiger partial charge in [0.2, 0.25) is 5.91 Å². The lowest BCUT2D eigenvalue weighted by molar-refractivity contribution is -0.116. The van der Waals surface area contributed by atoms with Gasteiger partial charge in [0.1, 0.15) is 17.2 Å². The van der Waals surface area contributed by atoms with Crippen LogP contribution in [0.15, 0.2) is 29.1 Å². The standard InChI is InChI=1S/C23H25ClN4O2S/c24-15-7-9-16(10-8-15)25-20(29)14-28-19(13-27-11-3-4-12-27)26-22-21(23(28)30)17-5-1-2-6-18(17)31-22/h7-10H,1-6,11-14H2,(H,25,29). The van der Waals surface area contributed by atoms with Crippen molar-refractivity contribution < 1.29 is 4.79 Å². The Labute approximate surface area is 189 Å². The van der Waals surface area contributed by atoms with E-state index in [1.54, 1.807) is 40.2 Å². The smallest absolute Gasteiger partial charge is 0.263 e. The van der Waals surface area contributed by atoms with Crippen LogP contribution < -0.4 is 10.9 Å². The Kier molecular flexibility index (Phi) is 5.82. The summed E-state index contributed by atoms with van der Waals surface area (Å²) in [5.41, 5.74) is 1.73. The molecule has 0 bridgehead atoms. The van der Waals surface area contributed by atoms with Crippen LogP contribution in [0.1, 0.15) is 41.9 Å². The van der Waals surface area contributed by atoms with Crippen LogP contribution in [0.25, 0.3) is 10.2 Å². The summed E-state index contributed by atoms with van der Waals surface area (Å²) in [5.74, 6) is 0.446. The van der Waals surface area contributed by atoms with Crippen molar-refractivity contribution in [3.8, 4) is 0 Å². The van der Waals surface area contributed by atoms with Crippen LogP contribution in [0.3, 0.4) is 0 Å². The van der Waals surface area contributed by atoms with Gasteiger partial charge in [-0.3, -0.25) is 19.1 Å². The first-order valence-corrected chi connectivity index (χ1v) is 12.1. The number of nitrogens with one attached hydrogen (secondary N) is 1. The first-order valence-electron chi connectivity index (χ1n) is 10.9. The molecule has 2 aromatic heterocycles. The maximum atomic E-state index is 13.6. The van der Waals surface area contributed by atoms with Gasteiger partial charge < -0.3 is 5.32 Å². The van der Waals surface area contributed by atoms with Crippen LogP contribution in [-0.2, 0) is 30.7 Å². The van der Waals surface area contributed by atoms with E-state index < -0.39 is 0 Å². The molecule has 1 aliphatic heterocycles. The van der Waals surface area contributed by atoms with E-state index in [1.165, 1.54) is 4.88 Å². The molecule has 3 aromatic rings. The predicted octanol–water partition coefficient (Wildman–Crippen LogP) is 4.22. The van der Waals surface area contributed by atoms with Crippen molar-refractivity contribution in [2.24, 2.45) is 0 Å². The van der Waals surface area contributed by atoms with Crippen LogP contribution >= 0.6 is 22.9 Å². The quantitative estimate of drug-likeness (QED) is 0.624. The zero-order valence-corrected chi connectivity index (χ0v) is 18.9. The van der Waals surface area contributed by atoms with Crippen molar-refractivity contribution in [3.63, 3.8) is 0 Å². The molecule has 1 aliphatic carbocycles. The van der Waals surface area contributed by atoms with Crippen LogP contribution in [0.5, 0.6) is 0 Å². The van der Waals surface area contributed by atoms with E-state index in [9.17, 15) is 9.59 Å². The number of rotatable bonds is 5. The van der Waals surface area contributed by atoms with Crippen LogP contribution in [0.4, 0.5) is 5.69 Å². The van der Waals surface area contributed by atoms with E-state index in [0.29, 0.717) is 23.1 Å². The SMILES string of the molecule is O=C(Cn1c(CN2CCCC2)nc2sc3c(c2c1=O)CCCC3)Nc1ccc(Cl)cc1. The van der Waals surface area contributed by atoms with Gasteiger partial charge in [-0.1, -0.05) is 11.6 Å². The van der Waals surface area contributed by atoms with E-state index in [0.717, 1.165) is 67.4 Å². The first-order chi connectivity index (χ1) is 15.1. The summed E-state index contributed by atoms with van der Waals surface area (Å²) in [6.45, 7) is 2.57. The number of hydrogen-bond acceptors (Lipinski definition) is 5. The van der Waals surface area contributed by atoms with Gasteiger partial charge in [-0.2, -0.15) is 0 Å². The van der Waals surface area contributed by atoms with Crippen molar-refractivity contribution in [3.05, 3.63) is 55.9 Å². The summed E-state index contributed by atoms with van der Waals surface area (Å²) in [6.07, 6.45) is 6.54. The molecule has 1 amide bonds. The molecular weight excluding hydrogens is 432 g/mol. The molecule has 31 heavy (non-hydrogen) atoms. The third-order valence-corrected chi connectivity index (χ3v) is 7.58. The lowest BCUT2D eigenvalue weighted by Gasteiger charge is -2.18. The number of aromatic nitrogens is 2. The fraction of sp³-hybridized carbons (Fsp3) is 0.435. The lowest BCUT2D eigenvalue weighted by Crippen LogP contribution is -2.33. The number of nitrogens with zero attached hydrogens (tertiary/aromatic N) is 3. The minimum Gasteiger partial charge on any atom is -0.325 e. The highest BCUT2D eigenvalue weighted by Gasteiger charge is 2.24. The fourth-order valence-corrected chi connectivity index (χ4v) is 5.98. The highest BCUT2D eigenvalue weighted by Crippen LogP contribution is 2.34. The van der Waals surface area contributed by atoms with Gasteiger partial charge in [0.25, 0.3) is 5.56 Å². The zero-order chi connectivity index (χ0) is 21.4. The number of fused-ring (bicyclic) bond motifs is 3. The Morgan fingerprint density at radius 1 is 1.10 bits per heavy atom. The number of carbonyl (C=O) groups excluding carboxylic acids is 1. The monoisotopic (exact) mass is 456 g/mol. The van der Waals surface area contributed by atoms with Gasteiger partial charge in [-0.05, 0) is 81.4 Å². The number of hydrogen-bond donors (Lipinski definition) is 1. The molecule has 6 nitrogen and oxygen atoms in total. The number of likely N-dealkylation sites (tertiary alicyclic amines) is 1. The Morgan fingerprint density at radius 3 is 2.61 bits per heavy atom. The maximum Gasteiger partial charge on any atom is 0.263 e. The molecule has 0 atom stereocenters. The number of anilines is 1. The Bertz CT molecular complexity index is 1180. The average Bonchev–Trinajstić information content (AvgIpc) is 3.40. The van der Waals surface area contributed by atoms with Crippen molar-refractivity contribution >= 4 is 44.7 Å². The molecule has 1 fully saturated rings. The average molecular weight is 457 g/mol. The Balaban J connectivity index is 1.51. The molecule has 1 N–H and O–H groups in total. The van der Waals surface area contributed by atoms with Gasteiger partial charge >= 0.3 is 0 Å². The number of halogens is 1. The second-order valence-electron chi connectivity index (χ2n) is 8.35. The maximum absolute atomic E-state index is 13.6. The molecular formula is C23H25ClN4O2S. The lowest BCUT2D eigenvalue weighted by atomic mass is 9.97. The summed E-state index contributed by atoms with van der Waals surface area (Å²) in [7, 11) is 0. The van der Waals surface area contributed by atoms with Crippen LogP contribution in [0.2, 0.25) is 5.02 Å². The second kappa shape index (κ2) is 8.73. The van der Waals surface area contributed by atoms with Gasteiger partial charge in [0, 0.05) is 15.6 Å². The molecule has 1 saturated heterocycles. The van der Waals surface area contributed by atoms with Crippen LogP contribution in [-0.4, -0.2) is 33.4 Å². The zero-order valence-electron chi connectivity index (χ0n) is 17.3. The third-order valence-electron chi connectivity index (χ3n) is 6.15. The number of carbonyl (C=O) groups is 1. The number of aryl methyl sites for hydroxylation is 2. The molecule has 0 saturated carbocycles.